The summed E-state index contributed by atoms with van der Waals surface area (Å²) >= 11 is 0. The Morgan fingerprint density at radius 3 is 2.11 bits per heavy atom. The van der Waals surface area contributed by atoms with Gasteiger partial charge in [0.25, 0.3) is 0 Å². The molecule has 0 radical (unpaired) electrons. The van der Waals surface area contributed by atoms with Crippen molar-refractivity contribution >= 4 is 10.8 Å². The number of rotatable bonds is 9. The van der Waals surface area contributed by atoms with Crippen molar-refractivity contribution in [2.75, 3.05) is 13.7 Å². The fraction of sp³-hybridized carbons (Fsp3) is 0.214. The zero-order chi connectivity index (χ0) is 25.8. The molecule has 0 fully saturated rings. The molecule has 36 heavy (non-hydrogen) atoms. The number of methoxy groups -OCH3 is 1. The normalized spacial score (nSPS) is 11.4. The van der Waals surface area contributed by atoms with E-state index in [1.54, 1.807) is 43.5 Å². The second-order valence-corrected chi connectivity index (χ2v) is 8.30. The van der Waals surface area contributed by atoms with Crippen LogP contribution in [0.2, 0.25) is 0 Å². The molecule has 4 aromatic rings. The second kappa shape index (κ2) is 11.0. The first-order valence-corrected chi connectivity index (χ1v) is 11.2. The number of halogens is 6. The quantitative estimate of drug-likeness (QED) is 0.218. The Morgan fingerprint density at radius 1 is 0.722 bits per heavy atom. The third-order valence-corrected chi connectivity index (χ3v) is 5.92. The van der Waals surface area contributed by atoms with Crippen LogP contribution in [-0.4, -0.2) is 20.3 Å². The molecule has 0 heterocycles. The molecule has 4 aromatic carbocycles. The topological polar surface area (TPSA) is 18.5 Å². The highest BCUT2D eigenvalue weighted by atomic mass is 19.3. The molecule has 0 spiro atoms. The number of alkyl halides is 2. The summed E-state index contributed by atoms with van der Waals surface area (Å²) in [7, 11) is 1.58. The first-order valence-electron chi connectivity index (χ1n) is 11.2. The van der Waals surface area contributed by atoms with E-state index < -0.39 is 29.8 Å². The fourth-order valence-corrected chi connectivity index (χ4v) is 4.10. The van der Waals surface area contributed by atoms with E-state index in [0.29, 0.717) is 40.5 Å². The molecular formula is C28H22F6O2. The van der Waals surface area contributed by atoms with E-state index in [0.717, 1.165) is 17.7 Å². The van der Waals surface area contributed by atoms with Gasteiger partial charge in [-0.1, -0.05) is 36.4 Å². The van der Waals surface area contributed by atoms with Gasteiger partial charge in [-0.2, -0.15) is 8.78 Å². The Hall–Kier alpha value is -3.52. The first-order chi connectivity index (χ1) is 17.3. The van der Waals surface area contributed by atoms with Crippen LogP contribution in [0.1, 0.15) is 16.7 Å². The van der Waals surface area contributed by atoms with Crippen LogP contribution in [0.25, 0.3) is 21.9 Å². The van der Waals surface area contributed by atoms with E-state index in [1.165, 1.54) is 6.07 Å². The SMILES string of the molecule is COCCc1ccc(-c2ccc3c(F)c(CCc4cc(F)c(OC(F)F)c(F)c4)ccc3c2)c(F)c1. The highest BCUT2D eigenvalue weighted by Gasteiger charge is 2.17. The minimum atomic E-state index is -3.36. The number of hydrogen-bond acceptors (Lipinski definition) is 2. The Kier molecular flexibility index (Phi) is 7.84. The van der Waals surface area contributed by atoms with Gasteiger partial charge < -0.3 is 9.47 Å². The summed E-state index contributed by atoms with van der Waals surface area (Å²) in [5, 5.41) is 0.897. The lowest BCUT2D eigenvalue weighted by Gasteiger charge is -2.11. The fourth-order valence-electron chi connectivity index (χ4n) is 4.10. The van der Waals surface area contributed by atoms with Gasteiger partial charge in [0.2, 0.25) is 0 Å². The van der Waals surface area contributed by atoms with E-state index in [2.05, 4.69) is 4.74 Å². The maximum absolute atomic E-state index is 15.2. The Balaban J connectivity index is 1.54. The summed E-state index contributed by atoms with van der Waals surface area (Å²) in [6.45, 7) is -2.87. The van der Waals surface area contributed by atoms with Crippen LogP contribution in [0.5, 0.6) is 5.75 Å². The molecule has 0 aliphatic carbocycles. The lowest BCUT2D eigenvalue weighted by atomic mass is 9.96. The summed E-state index contributed by atoms with van der Waals surface area (Å²) in [6, 6.07) is 14.9. The number of benzene rings is 4. The second-order valence-electron chi connectivity index (χ2n) is 8.30. The van der Waals surface area contributed by atoms with E-state index in [9.17, 15) is 22.0 Å². The van der Waals surface area contributed by atoms with Crippen LogP contribution in [0.3, 0.4) is 0 Å². The monoisotopic (exact) mass is 504 g/mol. The van der Waals surface area contributed by atoms with Crippen LogP contribution in [0.15, 0.2) is 60.7 Å². The first kappa shape index (κ1) is 25.6. The van der Waals surface area contributed by atoms with Gasteiger partial charge in [0, 0.05) is 18.1 Å². The molecule has 188 valence electrons. The third kappa shape index (κ3) is 5.65. The van der Waals surface area contributed by atoms with Crippen molar-refractivity contribution in [3.05, 3.63) is 101 Å². The van der Waals surface area contributed by atoms with Crippen molar-refractivity contribution in [2.24, 2.45) is 0 Å². The predicted octanol–water partition coefficient (Wildman–Crippen LogP) is 7.64. The zero-order valence-electron chi connectivity index (χ0n) is 19.3. The van der Waals surface area contributed by atoms with Crippen molar-refractivity contribution < 1.29 is 35.8 Å². The summed E-state index contributed by atoms with van der Waals surface area (Å²) in [4.78, 5) is 0. The van der Waals surface area contributed by atoms with E-state index in [4.69, 9.17) is 4.74 Å². The average Bonchev–Trinajstić information content (AvgIpc) is 2.84. The van der Waals surface area contributed by atoms with Gasteiger partial charge in [0.1, 0.15) is 11.6 Å². The number of hydrogen-bond donors (Lipinski definition) is 0. The van der Waals surface area contributed by atoms with Gasteiger partial charge in [-0.05, 0) is 71.2 Å². The van der Waals surface area contributed by atoms with Gasteiger partial charge in [0.05, 0.1) is 6.61 Å². The molecular weight excluding hydrogens is 482 g/mol. The molecule has 0 amide bonds. The molecule has 4 rings (SSSR count). The van der Waals surface area contributed by atoms with Gasteiger partial charge in [0.15, 0.2) is 17.4 Å². The van der Waals surface area contributed by atoms with E-state index >= 15 is 4.39 Å². The standard InChI is InChI=1S/C28H22F6O2/c1-35-11-10-16-3-8-21(23(29)12-16)19-7-9-22-20(15-19)6-5-18(26(22)32)4-2-17-13-24(30)27(25(31)14-17)36-28(33)34/h3,5-9,12-15,28H,2,4,10-11H2,1H3. The molecule has 0 unspecified atom stereocenters. The van der Waals surface area contributed by atoms with Crippen molar-refractivity contribution in [3.8, 4) is 16.9 Å². The number of ether oxygens (including phenoxy) is 2. The Labute approximate surface area is 204 Å². The minimum absolute atomic E-state index is 0.0734. The summed E-state index contributed by atoms with van der Waals surface area (Å²) < 4.78 is 91.3. The third-order valence-electron chi connectivity index (χ3n) is 5.92. The predicted molar refractivity (Wildman–Crippen MR) is 125 cm³/mol. The molecule has 0 bridgehead atoms. The average molecular weight is 504 g/mol. The number of aryl methyl sites for hydroxylation is 2. The van der Waals surface area contributed by atoms with Crippen LogP contribution < -0.4 is 4.74 Å². The lowest BCUT2D eigenvalue weighted by Crippen LogP contribution is -2.06. The maximum atomic E-state index is 15.2. The van der Waals surface area contributed by atoms with Gasteiger partial charge in [-0.25, -0.2) is 17.6 Å². The molecule has 0 aliphatic heterocycles. The zero-order valence-corrected chi connectivity index (χ0v) is 19.3. The minimum Gasteiger partial charge on any atom is -0.429 e. The van der Waals surface area contributed by atoms with Gasteiger partial charge in [-0.3, -0.25) is 0 Å². The van der Waals surface area contributed by atoms with Crippen LogP contribution >= 0.6 is 0 Å². The molecule has 8 heteroatoms. The lowest BCUT2D eigenvalue weighted by molar-refractivity contribution is -0.0546. The molecule has 0 aliphatic rings. The van der Waals surface area contributed by atoms with Crippen molar-refractivity contribution in [1.82, 2.24) is 0 Å². The van der Waals surface area contributed by atoms with Crippen LogP contribution in [0.4, 0.5) is 26.3 Å². The molecule has 0 atom stereocenters. The smallest absolute Gasteiger partial charge is 0.387 e. The van der Waals surface area contributed by atoms with Crippen LogP contribution in [0, 0.1) is 23.3 Å². The molecule has 0 aromatic heterocycles. The van der Waals surface area contributed by atoms with Crippen molar-refractivity contribution in [3.63, 3.8) is 0 Å². The molecule has 0 N–H and O–H groups in total. The van der Waals surface area contributed by atoms with Crippen LogP contribution in [-0.2, 0) is 24.0 Å². The summed E-state index contributed by atoms with van der Waals surface area (Å²) in [6.07, 6.45) is 0.783. The van der Waals surface area contributed by atoms with Gasteiger partial charge in [-0.15, -0.1) is 0 Å². The van der Waals surface area contributed by atoms with Crippen molar-refractivity contribution in [1.29, 1.82) is 0 Å². The Morgan fingerprint density at radius 2 is 1.44 bits per heavy atom. The summed E-state index contributed by atoms with van der Waals surface area (Å²) in [5.74, 6) is -4.54. The maximum Gasteiger partial charge on any atom is 0.387 e. The molecule has 2 nitrogen and oxygen atoms in total. The van der Waals surface area contributed by atoms with Gasteiger partial charge >= 0.3 is 6.61 Å². The summed E-state index contributed by atoms with van der Waals surface area (Å²) in [5.41, 5.74) is 2.29. The Bertz CT molecular complexity index is 1360. The molecule has 0 saturated heterocycles. The molecule has 0 saturated carbocycles. The highest BCUT2D eigenvalue weighted by molar-refractivity contribution is 5.88. The largest absolute Gasteiger partial charge is 0.429 e. The highest BCUT2D eigenvalue weighted by Crippen LogP contribution is 2.31. The van der Waals surface area contributed by atoms with Crippen molar-refractivity contribution in [2.45, 2.75) is 25.9 Å². The van der Waals surface area contributed by atoms with E-state index in [1.807, 2.05) is 6.07 Å². The van der Waals surface area contributed by atoms with E-state index in [-0.39, 0.29) is 24.2 Å². The number of fused-ring (bicyclic) bond motifs is 1.